The number of rotatable bonds is 2. The van der Waals surface area contributed by atoms with E-state index in [1.807, 2.05) is 22.7 Å². The summed E-state index contributed by atoms with van der Waals surface area (Å²) >= 11 is 0. The van der Waals surface area contributed by atoms with Gasteiger partial charge in [-0.15, -0.1) is 0 Å². The number of methoxy groups -OCH3 is 1. The maximum atomic E-state index is 10.9. The SMILES string of the molecule is COc1c(C(=O)O)ccn2cccc12. The van der Waals surface area contributed by atoms with Gasteiger partial charge in [0.15, 0.2) is 5.75 Å². The van der Waals surface area contributed by atoms with Crippen LogP contribution < -0.4 is 4.74 Å². The van der Waals surface area contributed by atoms with E-state index in [1.54, 1.807) is 6.20 Å². The molecule has 0 fully saturated rings. The van der Waals surface area contributed by atoms with Gasteiger partial charge in [0.2, 0.25) is 0 Å². The zero-order valence-electron chi connectivity index (χ0n) is 7.60. The molecule has 72 valence electrons. The predicted octanol–water partition coefficient (Wildman–Crippen LogP) is 1.65. The van der Waals surface area contributed by atoms with E-state index < -0.39 is 5.97 Å². The van der Waals surface area contributed by atoms with E-state index in [2.05, 4.69) is 0 Å². The summed E-state index contributed by atoms with van der Waals surface area (Å²) in [6.07, 6.45) is 3.53. The first-order chi connectivity index (χ1) is 6.74. The van der Waals surface area contributed by atoms with Gasteiger partial charge in [-0.2, -0.15) is 0 Å². The van der Waals surface area contributed by atoms with Crippen molar-refractivity contribution in [1.82, 2.24) is 4.40 Å². The van der Waals surface area contributed by atoms with Crippen LogP contribution in [-0.4, -0.2) is 22.6 Å². The van der Waals surface area contributed by atoms with Gasteiger partial charge in [0.1, 0.15) is 5.56 Å². The van der Waals surface area contributed by atoms with Gasteiger partial charge in [0.25, 0.3) is 0 Å². The molecule has 4 nitrogen and oxygen atoms in total. The summed E-state index contributed by atoms with van der Waals surface area (Å²) in [4.78, 5) is 10.9. The Morgan fingerprint density at radius 3 is 2.86 bits per heavy atom. The minimum Gasteiger partial charge on any atom is -0.494 e. The molecule has 0 aliphatic carbocycles. The highest BCUT2D eigenvalue weighted by Gasteiger charge is 2.13. The molecule has 1 N–H and O–H groups in total. The number of carboxylic acids is 1. The molecular formula is C10H9NO3. The Bertz CT molecular complexity index is 487. The topological polar surface area (TPSA) is 50.9 Å². The maximum Gasteiger partial charge on any atom is 0.339 e. The van der Waals surface area contributed by atoms with Crippen molar-refractivity contribution in [3.63, 3.8) is 0 Å². The minimum atomic E-state index is -0.981. The lowest BCUT2D eigenvalue weighted by atomic mass is 10.2. The highest BCUT2D eigenvalue weighted by atomic mass is 16.5. The van der Waals surface area contributed by atoms with Crippen molar-refractivity contribution in [2.24, 2.45) is 0 Å². The van der Waals surface area contributed by atoms with Gasteiger partial charge in [-0.3, -0.25) is 0 Å². The van der Waals surface area contributed by atoms with Crippen LogP contribution in [0.5, 0.6) is 5.75 Å². The molecule has 2 rings (SSSR count). The second-order valence-corrected chi connectivity index (χ2v) is 2.87. The summed E-state index contributed by atoms with van der Waals surface area (Å²) in [7, 11) is 1.47. The van der Waals surface area contributed by atoms with Crippen LogP contribution >= 0.6 is 0 Å². The minimum absolute atomic E-state index is 0.179. The number of aromatic carboxylic acids is 1. The second-order valence-electron chi connectivity index (χ2n) is 2.87. The molecule has 0 aliphatic rings. The summed E-state index contributed by atoms with van der Waals surface area (Å²) in [6, 6.07) is 5.17. The highest BCUT2D eigenvalue weighted by Crippen LogP contribution is 2.24. The fraction of sp³-hybridized carbons (Fsp3) is 0.100. The van der Waals surface area contributed by atoms with Crippen molar-refractivity contribution >= 4 is 11.5 Å². The van der Waals surface area contributed by atoms with Crippen LogP contribution in [0.3, 0.4) is 0 Å². The number of aromatic nitrogens is 1. The molecule has 0 atom stereocenters. The fourth-order valence-electron chi connectivity index (χ4n) is 1.47. The third-order valence-electron chi connectivity index (χ3n) is 2.09. The zero-order valence-corrected chi connectivity index (χ0v) is 7.60. The van der Waals surface area contributed by atoms with Gasteiger partial charge in [-0.25, -0.2) is 4.79 Å². The van der Waals surface area contributed by atoms with Crippen molar-refractivity contribution in [2.45, 2.75) is 0 Å². The van der Waals surface area contributed by atoms with E-state index in [0.29, 0.717) is 5.75 Å². The molecule has 0 aromatic carbocycles. The van der Waals surface area contributed by atoms with Crippen LogP contribution in [0.15, 0.2) is 30.6 Å². The predicted molar refractivity (Wildman–Crippen MR) is 50.9 cm³/mol. The van der Waals surface area contributed by atoms with Crippen molar-refractivity contribution in [3.8, 4) is 5.75 Å². The van der Waals surface area contributed by atoms with Crippen LogP contribution in [0.1, 0.15) is 10.4 Å². The first kappa shape index (κ1) is 8.62. The summed E-state index contributed by atoms with van der Waals surface area (Å²) in [5.74, 6) is -0.587. The molecule has 4 heteroatoms. The Hall–Kier alpha value is -1.97. The third-order valence-corrected chi connectivity index (χ3v) is 2.09. The van der Waals surface area contributed by atoms with Gasteiger partial charge in [-0.1, -0.05) is 0 Å². The van der Waals surface area contributed by atoms with Gasteiger partial charge < -0.3 is 14.2 Å². The first-order valence-electron chi connectivity index (χ1n) is 4.11. The van der Waals surface area contributed by atoms with Crippen LogP contribution in [-0.2, 0) is 0 Å². The van der Waals surface area contributed by atoms with E-state index in [1.165, 1.54) is 13.2 Å². The quantitative estimate of drug-likeness (QED) is 0.785. The highest BCUT2D eigenvalue weighted by molar-refractivity contribution is 5.93. The number of ether oxygens (including phenoxy) is 1. The van der Waals surface area contributed by atoms with Crippen LogP contribution in [0.2, 0.25) is 0 Å². The van der Waals surface area contributed by atoms with Crippen molar-refractivity contribution < 1.29 is 14.6 Å². The zero-order chi connectivity index (χ0) is 10.1. The number of fused-ring (bicyclic) bond motifs is 1. The molecule has 0 aliphatic heterocycles. The Morgan fingerprint density at radius 2 is 2.21 bits per heavy atom. The maximum absolute atomic E-state index is 10.9. The first-order valence-corrected chi connectivity index (χ1v) is 4.11. The molecule has 0 spiro atoms. The average molecular weight is 191 g/mol. The monoisotopic (exact) mass is 191 g/mol. The smallest absolute Gasteiger partial charge is 0.339 e. The van der Waals surface area contributed by atoms with E-state index in [4.69, 9.17) is 9.84 Å². The molecule has 0 amide bonds. The average Bonchev–Trinajstić information content (AvgIpc) is 2.63. The Kier molecular flexibility index (Phi) is 1.89. The van der Waals surface area contributed by atoms with Crippen LogP contribution in [0.25, 0.3) is 5.52 Å². The number of hydrogen-bond acceptors (Lipinski definition) is 2. The van der Waals surface area contributed by atoms with Gasteiger partial charge >= 0.3 is 5.97 Å². The van der Waals surface area contributed by atoms with E-state index >= 15 is 0 Å². The van der Waals surface area contributed by atoms with Gasteiger partial charge in [-0.05, 0) is 18.2 Å². The Labute approximate surface area is 80.3 Å². The largest absolute Gasteiger partial charge is 0.494 e. The van der Waals surface area contributed by atoms with Gasteiger partial charge in [0, 0.05) is 12.4 Å². The molecular weight excluding hydrogens is 182 g/mol. The molecule has 0 saturated heterocycles. The summed E-state index contributed by atoms with van der Waals surface area (Å²) in [6.45, 7) is 0. The van der Waals surface area contributed by atoms with E-state index in [-0.39, 0.29) is 5.56 Å². The Balaban J connectivity index is 2.78. The molecule has 0 saturated carbocycles. The number of hydrogen-bond donors (Lipinski definition) is 1. The summed E-state index contributed by atoms with van der Waals surface area (Å²) < 4.78 is 6.89. The molecule has 0 bridgehead atoms. The molecule has 2 aromatic heterocycles. The van der Waals surface area contributed by atoms with Crippen molar-refractivity contribution in [1.29, 1.82) is 0 Å². The van der Waals surface area contributed by atoms with Crippen LogP contribution in [0, 0.1) is 0 Å². The van der Waals surface area contributed by atoms with Crippen LogP contribution in [0.4, 0.5) is 0 Å². The molecule has 0 unspecified atom stereocenters. The molecule has 2 heterocycles. The lowest BCUT2D eigenvalue weighted by molar-refractivity contribution is 0.0693. The number of pyridine rings is 1. The standard InChI is InChI=1S/C10H9NO3/c1-14-9-7(10(12)13)4-6-11-5-2-3-8(9)11/h2-6H,1H3,(H,12,13). The molecule has 0 radical (unpaired) electrons. The van der Waals surface area contributed by atoms with Crippen molar-refractivity contribution in [3.05, 3.63) is 36.2 Å². The second kappa shape index (κ2) is 3.06. The number of nitrogens with zero attached hydrogens (tertiary/aromatic N) is 1. The van der Waals surface area contributed by atoms with Crippen molar-refractivity contribution in [2.75, 3.05) is 7.11 Å². The summed E-state index contributed by atoms with van der Waals surface area (Å²) in [5.41, 5.74) is 0.936. The fourth-order valence-corrected chi connectivity index (χ4v) is 1.47. The lowest BCUT2D eigenvalue weighted by Crippen LogP contribution is -2.02. The normalized spacial score (nSPS) is 10.4. The molecule has 2 aromatic rings. The Morgan fingerprint density at radius 1 is 1.43 bits per heavy atom. The summed E-state index contributed by atoms with van der Waals surface area (Å²) in [5, 5.41) is 8.90. The van der Waals surface area contributed by atoms with Gasteiger partial charge in [0.05, 0.1) is 12.6 Å². The third kappa shape index (κ3) is 1.12. The molecule has 14 heavy (non-hydrogen) atoms. The lowest BCUT2D eigenvalue weighted by Gasteiger charge is -2.06. The number of carboxylic acid groups (broad SMARTS) is 1. The number of carbonyl (C=O) groups is 1. The van der Waals surface area contributed by atoms with E-state index in [9.17, 15) is 4.79 Å². The van der Waals surface area contributed by atoms with E-state index in [0.717, 1.165) is 5.52 Å².